The van der Waals surface area contributed by atoms with Gasteiger partial charge in [-0.3, -0.25) is 4.99 Å². The number of aliphatic imine (C=N–C) groups is 1. The van der Waals surface area contributed by atoms with E-state index in [1.165, 1.54) is 6.07 Å². The Morgan fingerprint density at radius 1 is 1.40 bits per heavy atom. The fourth-order valence-corrected chi connectivity index (χ4v) is 1.93. The van der Waals surface area contributed by atoms with Crippen molar-refractivity contribution in [2.45, 2.75) is 25.0 Å². The van der Waals surface area contributed by atoms with E-state index in [1.54, 1.807) is 6.92 Å². The maximum atomic E-state index is 13.8. The van der Waals surface area contributed by atoms with Gasteiger partial charge < -0.3 is 16.2 Å². The zero-order chi connectivity index (χ0) is 14.2. The van der Waals surface area contributed by atoms with Crippen LogP contribution in [0, 0.1) is 5.82 Å². The average Bonchev–Trinajstić information content (AvgIpc) is 2.35. The molecule has 0 aliphatic carbocycles. The van der Waals surface area contributed by atoms with Gasteiger partial charge in [-0.15, -0.1) is 12.4 Å². The van der Waals surface area contributed by atoms with E-state index >= 15 is 0 Å². The SMILES string of the molecule is C[C@@H]1OC[C@](c2cc(N)ccc2F)(C(F)F)N=C1N.Cl. The highest BCUT2D eigenvalue weighted by atomic mass is 35.5. The summed E-state index contributed by atoms with van der Waals surface area (Å²) in [6.07, 6.45) is -3.54. The summed E-state index contributed by atoms with van der Waals surface area (Å²) in [5.41, 5.74) is 8.80. The molecular weight excluding hydrogens is 295 g/mol. The third-order valence-corrected chi connectivity index (χ3v) is 3.12. The van der Waals surface area contributed by atoms with E-state index in [9.17, 15) is 13.2 Å². The van der Waals surface area contributed by atoms with Crippen LogP contribution >= 0.6 is 12.4 Å². The molecule has 1 heterocycles. The van der Waals surface area contributed by atoms with E-state index in [4.69, 9.17) is 16.2 Å². The number of anilines is 1. The third kappa shape index (κ3) is 2.69. The predicted molar refractivity (Wildman–Crippen MR) is 72.8 cm³/mol. The molecule has 2 rings (SSSR count). The Balaban J connectivity index is 0.00000200. The van der Waals surface area contributed by atoms with Gasteiger partial charge in [0, 0.05) is 11.3 Å². The van der Waals surface area contributed by atoms with Gasteiger partial charge in [0.1, 0.15) is 17.8 Å². The van der Waals surface area contributed by atoms with Gasteiger partial charge in [-0.05, 0) is 25.1 Å². The molecule has 4 nitrogen and oxygen atoms in total. The minimum absolute atomic E-state index is 0. The van der Waals surface area contributed by atoms with Crippen LogP contribution in [0.2, 0.25) is 0 Å². The molecule has 1 aliphatic heterocycles. The van der Waals surface area contributed by atoms with Gasteiger partial charge in [0.2, 0.25) is 0 Å². The first-order chi connectivity index (χ1) is 8.86. The molecule has 0 radical (unpaired) electrons. The van der Waals surface area contributed by atoms with Gasteiger partial charge in [-0.1, -0.05) is 0 Å². The van der Waals surface area contributed by atoms with Crippen LogP contribution in [-0.4, -0.2) is 25.0 Å². The molecule has 0 fully saturated rings. The molecule has 2 atom stereocenters. The number of halogens is 4. The summed E-state index contributed by atoms with van der Waals surface area (Å²) in [6, 6.07) is 3.45. The Hall–Kier alpha value is -1.47. The molecule has 8 heteroatoms. The van der Waals surface area contributed by atoms with Crippen molar-refractivity contribution in [2.24, 2.45) is 10.7 Å². The lowest BCUT2D eigenvalue weighted by molar-refractivity contribution is -0.0340. The Labute approximate surface area is 120 Å². The third-order valence-electron chi connectivity index (χ3n) is 3.12. The maximum Gasteiger partial charge on any atom is 0.269 e. The Morgan fingerprint density at radius 3 is 2.60 bits per heavy atom. The average molecular weight is 310 g/mol. The van der Waals surface area contributed by atoms with Crippen LogP contribution < -0.4 is 11.5 Å². The van der Waals surface area contributed by atoms with Gasteiger partial charge in [0.05, 0.1) is 6.61 Å². The van der Waals surface area contributed by atoms with Crippen molar-refractivity contribution in [1.29, 1.82) is 0 Å². The molecule has 0 saturated carbocycles. The second kappa shape index (κ2) is 5.88. The summed E-state index contributed by atoms with van der Waals surface area (Å²) in [5.74, 6) is -0.905. The highest BCUT2D eigenvalue weighted by Crippen LogP contribution is 2.38. The molecule has 20 heavy (non-hydrogen) atoms. The van der Waals surface area contributed by atoms with Crippen LogP contribution in [-0.2, 0) is 10.3 Å². The lowest BCUT2D eigenvalue weighted by Crippen LogP contribution is -2.48. The molecule has 0 spiro atoms. The highest BCUT2D eigenvalue weighted by Gasteiger charge is 2.47. The molecule has 4 N–H and O–H groups in total. The largest absolute Gasteiger partial charge is 0.399 e. The number of hydrogen-bond acceptors (Lipinski definition) is 4. The van der Waals surface area contributed by atoms with Crippen LogP contribution in [0.3, 0.4) is 0 Å². The van der Waals surface area contributed by atoms with E-state index in [0.717, 1.165) is 12.1 Å². The normalized spacial score (nSPS) is 26.1. The molecule has 0 bridgehead atoms. The molecule has 0 unspecified atom stereocenters. The summed E-state index contributed by atoms with van der Waals surface area (Å²) >= 11 is 0. The second-order valence-corrected chi connectivity index (χ2v) is 4.45. The van der Waals surface area contributed by atoms with Crippen molar-refractivity contribution in [1.82, 2.24) is 0 Å². The van der Waals surface area contributed by atoms with Gasteiger partial charge in [0.15, 0.2) is 5.54 Å². The Kier molecular flexibility index (Phi) is 4.88. The highest BCUT2D eigenvalue weighted by molar-refractivity contribution is 5.86. The van der Waals surface area contributed by atoms with E-state index in [0.29, 0.717) is 0 Å². The van der Waals surface area contributed by atoms with E-state index in [1.807, 2.05) is 0 Å². The standard InChI is InChI=1S/C12H14F3N3O.ClH/c1-6-10(17)18-12(5-19-6,11(14)15)8-4-7(16)2-3-9(8)13;/h2-4,6,11H,5,16H2,1H3,(H2,17,18);1H/t6-,12-;/m0./s1. The van der Waals surface area contributed by atoms with E-state index in [2.05, 4.69) is 4.99 Å². The van der Waals surface area contributed by atoms with Crippen molar-refractivity contribution in [3.05, 3.63) is 29.6 Å². The zero-order valence-electron chi connectivity index (χ0n) is 10.6. The molecule has 0 aromatic heterocycles. The minimum atomic E-state index is -2.96. The number of nitrogens with two attached hydrogens (primary N) is 2. The number of rotatable bonds is 2. The summed E-state index contributed by atoms with van der Waals surface area (Å²) in [4.78, 5) is 3.79. The molecule has 0 amide bonds. The van der Waals surface area contributed by atoms with Crippen molar-refractivity contribution < 1.29 is 17.9 Å². The summed E-state index contributed by atoms with van der Waals surface area (Å²) in [7, 11) is 0. The maximum absolute atomic E-state index is 13.8. The first kappa shape index (κ1) is 16.6. The molecule has 112 valence electrons. The van der Waals surface area contributed by atoms with Crippen LogP contribution in [0.15, 0.2) is 23.2 Å². The topological polar surface area (TPSA) is 73.6 Å². The lowest BCUT2D eigenvalue weighted by atomic mass is 9.89. The number of hydrogen-bond donors (Lipinski definition) is 2. The quantitative estimate of drug-likeness (QED) is 0.821. The zero-order valence-corrected chi connectivity index (χ0v) is 11.5. The minimum Gasteiger partial charge on any atom is -0.399 e. The van der Waals surface area contributed by atoms with E-state index in [-0.39, 0.29) is 29.5 Å². The fraction of sp³-hybridized carbons (Fsp3) is 0.417. The predicted octanol–water partition coefficient (Wildman–Crippen LogP) is 2.07. The Bertz CT molecular complexity index is 527. The van der Waals surface area contributed by atoms with Crippen LogP contribution in [0.5, 0.6) is 0 Å². The fourth-order valence-electron chi connectivity index (χ4n) is 1.93. The number of benzene rings is 1. The summed E-state index contributed by atoms with van der Waals surface area (Å²) in [5, 5.41) is 0. The smallest absolute Gasteiger partial charge is 0.269 e. The Morgan fingerprint density at radius 2 is 2.05 bits per heavy atom. The number of alkyl halides is 2. The monoisotopic (exact) mass is 309 g/mol. The molecule has 0 saturated heterocycles. The molecule has 1 aliphatic rings. The first-order valence-corrected chi connectivity index (χ1v) is 5.67. The van der Waals surface area contributed by atoms with Crippen molar-refractivity contribution in [3.63, 3.8) is 0 Å². The number of ether oxygens (including phenoxy) is 1. The van der Waals surface area contributed by atoms with Gasteiger partial charge in [0.25, 0.3) is 6.43 Å². The van der Waals surface area contributed by atoms with Gasteiger partial charge in [-0.25, -0.2) is 13.2 Å². The van der Waals surface area contributed by atoms with Gasteiger partial charge in [-0.2, -0.15) is 0 Å². The molecular formula is C12H15ClF3N3O. The van der Waals surface area contributed by atoms with Gasteiger partial charge >= 0.3 is 0 Å². The lowest BCUT2D eigenvalue weighted by Gasteiger charge is -2.35. The second-order valence-electron chi connectivity index (χ2n) is 4.45. The van der Waals surface area contributed by atoms with Crippen LogP contribution in [0.4, 0.5) is 18.9 Å². The van der Waals surface area contributed by atoms with Crippen LogP contribution in [0.25, 0.3) is 0 Å². The molecule has 1 aromatic rings. The number of nitrogen functional groups attached to an aromatic ring is 1. The van der Waals surface area contributed by atoms with E-state index < -0.39 is 30.5 Å². The van der Waals surface area contributed by atoms with Crippen molar-refractivity contribution in [3.8, 4) is 0 Å². The van der Waals surface area contributed by atoms with Crippen molar-refractivity contribution in [2.75, 3.05) is 12.3 Å². The number of nitrogens with zero attached hydrogens (tertiary/aromatic N) is 1. The summed E-state index contributed by atoms with van der Waals surface area (Å²) < 4.78 is 45.8. The summed E-state index contributed by atoms with van der Waals surface area (Å²) in [6.45, 7) is 1.14. The molecule has 1 aromatic carbocycles. The number of amidine groups is 1. The first-order valence-electron chi connectivity index (χ1n) is 5.67. The van der Waals surface area contributed by atoms with Crippen molar-refractivity contribution >= 4 is 23.9 Å². The van der Waals surface area contributed by atoms with Crippen LogP contribution in [0.1, 0.15) is 12.5 Å².